The molecular formula is C13H24N2O3S. The molecule has 0 aromatic heterocycles. The first-order valence-corrected chi connectivity index (χ1v) is 9.04. The third-order valence-electron chi connectivity index (χ3n) is 4.17. The monoisotopic (exact) mass is 288 g/mol. The van der Waals surface area contributed by atoms with Crippen molar-refractivity contribution >= 4 is 15.7 Å². The molecule has 1 N–H and O–H groups in total. The number of nitrogens with zero attached hydrogens (tertiary/aromatic N) is 1. The van der Waals surface area contributed by atoms with Crippen LogP contribution in [0.15, 0.2) is 0 Å². The summed E-state index contributed by atoms with van der Waals surface area (Å²) in [7, 11) is -2.96. The van der Waals surface area contributed by atoms with Crippen molar-refractivity contribution in [1.82, 2.24) is 10.2 Å². The third-order valence-corrected chi connectivity index (χ3v) is 5.91. The van der Waals surface area contributed by atoms with Crippen molar-refractivity contribution < 1.29 is 13.2 Å². The van der Waals surface area contributed by atoms with Crippen LogP contribution in [0.3, 0.4) is 0 Å². The fraction of sp³-hybridized carbons (Fsp3) is 0.923. The summed E-state index contributed by atoms with van der Waals surface area (Å²) < 4.78 is 23.1. The van der Waals surface area contributed by atoms with Gasteiger partial charge >= 0.3 is 0 Å². The molecule has 1 amide bonds. The molecule has 5 nitrogen and oxygen atoms in total. The Morgan fingerprint density at radius 3 is 2.89 bits per heavy atom. The van der Waals surface area contributed by atoms with E-state index in [0.717, 1.165) is 25.9 Å². The van der Waals surface area contributed by atoms with Crippen molar-refractivity contribution in [3.05, 3.63) is 0 Å². The van der Waals surface area contributed by atoms with Crippen LogP contribution in [0.25, 0.3) is 0 Å². The zero-order chi connectivity index (χ0) is 13.9. The molecule has 2 aliphatic heterocycles. The summed E-state index contributed by atoms with van der Waals surface area (Å²) in [6.07, 6.45) is 3.70. The summed E-state index contributed by atoms with van der Waals surface area (Å²) in [5, 5.41) is 3.14. The number of hydrogen-bond donors (Lipinski definition) is 1. The Morgan fingerprint density at radius 1 is 1.42 bits per heavy atom. The van der Waals surface area contributed by atoms with Crippen LogP contribution in [0.2, 0.25) is 0 Å². The molecule has 0 saturated carbocycles. The van der Waals surface area contributed by atoms with E-state index >= 15 is 0 Å². The predicted molar refractivity (Wildman–Crippen MR) is 74.7 cm³/mol. The first-order chi connectivity index (χ1) is 9.00. The van der Waals surface area contributed by atoms with Gasteiger partial charge in [-0.1, -0.05) is 13.3 Å². The summed E-state index contributed by atoms with van der Waals surface area (Å²) in [4.78, 5) is 14.1. The van der Waals surface area contributed by atoms with Gasteiger partial charge in [0.25, 0.3) is 0 Å². The van der Waals surface area contributed by atoms with Gasteiger partial charge in [0.15, 0.2) is 9.84 Å². The molecule has 6 heteroatoms. The van der Waals surface area contributed by atoms with E-state index in [9.17, 15) is 13.2 Å². The highest BCUT2D eigenvalue weighted by Crippen LogP contribution is 2.20. The van der Waals surface area contributed by atoms with E-state index in [2.05, 4.69) is 12.2 Å². The van der Waals surface area contributed by atoms with Gasteiger partial charge in [0, 0.05) is 32.1 Å². The van der Waals surface area contributed by atoms with Crippen LogP contribution in [0.5, 0.6) is 0 Å². The second-order valence-electron chi connectivity index (χ2n) is 5.73. The Kier molecular flexibility index (Phi) is 4.84. The largest absolute Gasteiger partial charge is 0.342 e. The van der Waals surface area contributed by atoms with Crippen molar-refractivity contribution in [3.63, 3.8) is 0 Å². The van der Waals surface area contributed by atoms with Crippen LogP contribution in [-0.2, 0) is 14.6 Å². The standard InChI is InChI=1S/C13H24N2O3S/c1-2-11-4-3-6-15(9-11)13(16)8-12-10-19(17,18)7-5-14-12/h11-12,14H,2-10H2,1H3. The summed E-state index contributed by atoms with van der Waals surface area (Å²) in [6, 6.07) is -0.201. The topological polar surface area (TPSA) is 66.5 Å². The molecule has 2 unspecified atom stereocenters. The number of sulfone groups is 1. The first kappa shape index (κ1) is 14.8. The number of hydrogen-bond acceptors (Lipinski definition) is 4. The second-order valence-corrected chi connectivity index (χ2v) is 7.95. The Hall–Kier alpha value is -0.620. The fourth-order valence-electron chi connectivity index (χ4n) is 2.96. The molecule has 0 spiro atoms. The van der Waals surface area contributed by atoms with E-state index in [1.807, 2.05) is 4.90 Å². The number of amides is 1. The van der Waals surface area contributed by atoms with Crippen molar-refractivity contribution in [3.8, 4) is 0 Å². The third kappa shape index (κ3) is 4.18. The smallest absolute Gasteiger partial charge is 0.224 e. The van der Waals surface area contributed by atoms with Crippen LogP contribution in [-0.4, -0.2) is 56.4 Å². The van der Waals surface area contributed by atoms with Crippen LogP contribution < -0.4 is 5.32 Å². The first-order valence-electron chi connectivity index (χ1n) is 7.22. The summed E-state index contributed by atoms with van der Waals surface area (Å²) in [6.45, 7) is 4.30. The lowest BCUT2D eigenvalue weighted by atomic mass is 9.95. The molecule has 2 rings (SSSR count). The van der Waals surface area contributed by atoms with Crippen molar-refractivity contribution in [1.29, 1.82) is 0 Å². The highest BCUT2D eigenvalue weighted by atomic mass is 32.2. The zero-order valence-electron chi connectivity index (χ0n) is 11.6. The Morgan fingerprint density at radius 2 is 2.21 bits per heavy atom. The second kappa shape index (κ2) is 6.22. The highest BCUT2D eigenvalue weighted by Gasteiger charge is 2.29. The minimum absolute atomic E-state index is 0.101. The molecule has 0 radical (unpaired) electrons. The summed E-state index contributed by atoms with van der Waals surface area (Å²) in [5.41, 5.74) is 0. The predicted octanol–water partition coefficient (Wildman–Crippen LogP) is 0.412. The number of nitrogens with one attached hydrogen (secondary N) is 1. The minimum Gasteiger partial charge on any atom is -0.342 e. The molecule has 2 aliphatic rings. The van der Waals surface area contributed by atoms with Gasteiger partial charge in [-0.3, -0.25) is 4.79 Å². The Balaban J connectivity index is 1.86. The fourth-order valence-corrected chi connectivity index (χ4v) is 4.41. The molecule has 0 aliphatic carbocycles. The summed E-state index contributed by atoms with van der Waals surface area (Å²) in [5.74, 6) is 1.01. The van der Waals surface area contributed by atoms with Gasteiger partial charge in [0.2, 0.25) is 5.91 Å². The molecule has 2 heterocycles. The lowest BCUT2D eigenvalue weighted by Crippen LogP contribution is -2.49. The normalized spacial score (nSPS) is 31.1. The van der Waals surface area contributed by atoms with E-state index in [0.29, 0.717) is 18.9 Å². The molecule has 2 saturated heterocycles. The van der Waals surface area contributed by atoms with Crippen LogP contribution in [0.4, 0.5) is 0 Å². The highest BCUT2D eigenvalue weighted by molar-refractivity contribution is 7.91. The number of carbonyl (C=O) groups excluding carboxylic acids is 1. The average molecular weight is 288 g/mol. The van der Waals surface area contributed by atoms with Crippen molar-refractivity contribution in [2.24, 2.45) is 5.92 Å². The van der Waals surface area contributed by atoms with Crippen molar-refractivity contribution in [2.75, 3.05) is 31.1 Å². The van der Waals surface area contributed by atoms with Crippen LogP contribution >= 0.6 is 0 Å². The lowest BCUT2D eigenvalue weighted by Gasteiger charge is -2.34. The molecular weight excluding hydrogens is 264 g/mol. The van der Waals surface area contributed by atoms with Crippen LogP contribution in [0.1, 0.15) is 32.6 Å². The maximum absolute atomic E-state index is 12.2. The Labute approximate surface area is 115 Å². The van der Waals surface area contributed by atoms with E-state index in [-0.39, 0.29) is 23.5 Å². The molecule has 110 valence electrons. The van der Waals surface area contributed by atoms with Gasteiger partial charge in [0.05, 0.1) is 11.5 Å². The van der Waals surface area contributed by atoms with E-state index < -0.39 is 9.84 Å². The summed E-state index contributed by atoms with van der Waals surface area (Å²) >= 11 is 0. The molecule has 0 bridgehead atoms. The number of likely N-dealkylation sites (tertiary alicyclic amines) is 1. The Bertz CT molecular complexity index is 422. The minimum atomic E-state index is -2.96. The van der Waals surface area contributed by atoms with Gasteiger partial charge in [-0.2, -0.15) is 0 Å². The van der Waals surface area contributed by atoms with E-state index in [4.69, 9.17) is 0 Å². The van der Waals surface area contributed by atoms with Gasteiger partial charge in [0.1, 0.15) is 0 Å². The number of piperidine rings is 1. The van der Waals surface area contributed by atoms with Gasteiger partial charge in [-0.25, -0.2) is 8.42 Å². The molecule has 19 heavy (non-hydrogen) atoms. The SMILES string of the molecule is CCC1CCCN(C(=O)CC2CS(=O)(=O)CCN2)C1. The molecule has 2 fully saturated rings. The van der Waals surface area contributed by atoms with Crippen molar-refractivity contribution in [2.45, 2.75) is 38.6 Å². The van der Waals surface area contributed by atoms with E-state index in [1.54, 1.807) is 0 Å². The number of carbonyl (C=O) groups is 1. The maximum atomic E-state index is 12.2. The zero-order valence-corrected chi connectivity index (χ0v) is 12.4. The van der Waals surface area contributed by atoms with E-state index in [1.165, 1.54) is 6.42 Å². The molecule has 0 aromatic rings. The quantitative estimate of drug-likeness (QED) is 0.817. The van der Waals surface area contributed by atoms with Gasteiger partial charge < -0.3 is 10.2 Å². The average Bonchev–Trinajstić information content (AvgIpc) is 2.37. The number of rotatable bonds is 3. The molecule has 0 aromatic carbocycles. The van der Waals surface area contributed by atoms with Crippen LogP contribution in [0, 0.1) is 5.92 Å². The lowest BCUT2D eigenvalue weighted by molar-refractivity contribution is -0.133. The van der Waals surface area contributed by atoms with Gasteiger partial charge in [-0.15, -0.1) is 0 Å². The maximum Gasteiger partial charge on any atom is 0.224 e. The molecule has 2 atom stereocenters. The van der Waals surface area contributed by atoms with Gasteiger partial charge in [-0.05, 0) is 18.8 Å².